The standard InChI is InChI=1S/C28H32ClF3N10O3/c1-17(13-41-16-35-39-40-41)45-25-8-18(2-3-23(25)29)19-11-33-27(34-12-19)37-24-14-42(38-26(24)44-15-28(30,31)32)22-9-21(10-22)36-20-4-6-43-7-5-20/h2-3,8,11-12,14,16-17,20-22,36H,4-7,9-10,13,15H2,1H3,(H,33,34,37)/t17-,21-,22-/m0/s1. The van der Waals surface area contributed by atoms with Gasteiger partial charge >= 0.3 is 6.18 Å². The van der Waals surface area contributed by atoms with Gasteiger partial charge in [0.05, 0.1) is 23.8 Å². The molecule has 17 heteroatoms. The third-order valence-corrected chi connectivity index (χ3v) is 7.89. The molecule has 0 radical (unpaired) electrons. The fourth-order valence-corrected chi connectivity index (χ4v) is 5.42. The summed E-state index contributed by atoms with van der Waals surface area (Å²) in [5, 5.41) is 22.4. The zero-order chi connectivity index (χ0) is 31.4. The van der Waals surface area contributed by atoms with Gasteiger partial charge in [-0.05, 0) is 60.7 Å². The lowest BCUT2D eigenvalue weighted by Crippen LogP contribution is -2.48. The Morgan fingerprint density at radius 2 is 1.89 bits per heavy atom. The molecule has 0 unspecified atom stereocenters. The molecule has 3 aromatic heterocycles. The van der Waals surface area contributed by atoms with Crippen LogP contribution in [0.4, 0.5) is 24.8 Å². The summed E-state index contributed by atoms with van der Waals surface area (Å²) in [5.74, 6) is 0.469. The number of nitrogens with zero attached hydrogens (tertiary/aromatic N) is 8. The van der Waals surface area contributed by atoms with Gasteiger partial charge in [0.25, 0.3) is 5.88 Å². The van der Waals surface area contributed by atoms with Crippen LogP contribution in [-0.2, 0) is 11.3 Å². The third kappa shape index (κ3) is 8.18. The quantitative estimate of drug-likeness (QED) is 0.223. The number of tetrazole rings is 1. The highest BCUT2D eigenvalue weighted by Gasteiger charge is 2.35. The van der Waals surface area contributed by atoms with Crippen molar-refractivity contribution in [3.8, 4) is 22.8 Å². The van der Waals surface area contributed by atoms with Gasteiger partial charge in [0.15, 0.2) is 6.61 Å². The van der Waals surface area contributed by atoms with Gasteiger partial charge < -0.3 is 24.8 Å². The molecule has 0 amide bonds. The lowest BCUT2D eigenvalue weighted by Gasteiger charge is -2.39. The summed E-state index contributed by atoms with van der Waals surface area (Å²) < 4.78 is 58.6. The molecule has 0 bridgehead atoms. The van der Waals surface area contributed by atoms with Crippen LogP contribution in [0.1, 0.15) is 38.6 Å². The van der Waals surface area contributed by atoms with E-state index in [1.807, 2.05) is 13.0 Å². The molecule has 2 aliphatic rings. The van der Waals surface area contributed by atoms with Crippen molar-refractivity contribution in [2.75, 3.05) is 25.1 Å². The fourth-order valence-electron chi connectivity index (χ4n) is 5.26. The van der Waals surface area contributed by atoms with Crippen LogP contribution in [0.5, 0.6) is 11.6 Å². The molecule has 1 aliphatic carbocycles. The Labute approximate surface area is 261 Å². The zero-order valence-electron chi connectivity index (χ0n) is 24.3. The van der Waals surface area contributed by atoms with E-state index in [4.69, 9.17) is 25.8 Å². The summed E-state index contributed by atoms with van der Waals surface area (Å²) >= 11 is 6.37. The first-order chi connectivity index (χ1) is 21.7. The monoisotopic (exact) mass is 648 g/mol. The molecule has 1 saturated heterocycles. The van der Waals surface area contributed by atoms with E-state index in [-0.39, 0.29) is 29.7 Å². The number of nitrogens with one attached hydrogen (secondary N) is 2. The fraction of sp³-hybridized carbons (Fsp3) is 0.500. The van der Waals surface area contributed by atoms with Gasteiger partial charge in [0, 0.05) is 43.3 Å². The summed E-state index contributed by atoms with van der Waals surface area (Å²) in [7, 11) is 0. The molecule has 4 heterocycles. The molecule has 2 N–H and O–H groups in total. The van der Waals surface area contributed by atoms with Gasteiger partial charge in [-0.15, -0.1) is 10.2 Å². The van der Waals surface area contributed by atoms with Crippen LogP contribution in [0.2, 0.25) is 5.02 Å². The zero-order valence-corrected chi connectivity index (χ0v) is 25.1. The Kier molecular flexibility index (Phi) is 9.32. The first kappa shape index (κ1) is 31.0. The van der Waals surface area contributed by atoms with Crippen molar-refractivity contribution in [1.29, 1.82) is 0 Å². The molecule has 0 spiro atoms. The van der Waals surface area contributed by atoms with Crippen molar-refractivity contribution in [3.05, 3.63) is 48.1 Å². The van der Waals surface area contributed by atoms with Crippen molar-refractivity contribution in [1.82, 2.24) is 45.3 Å². The van der Waals surface area contributed by atoms with Crippen LogP contribution in [-0.4, -0.2) is 84.1 Å². The van der Waals surface area contributed by atoms with E-state index in [9.17, 15) is 13.2 Å². The van der Waals surface area contributed by atoms with Gasteiger partial charge in [-0.1, -0.05) is 17.7 Å². The maximum absolute atomic E-state index is 13.0. The van der Waals surface area contributed by atoms with E-state index in [0.717, 1.165) is 44.5 Å². The first-order valence-corrected chi connectivity index (χ1v) is 15.0. The number of rotatable bonds is 12. The molecule has 1 atom stereocenters. The van der Waals surface area contributed by atoms with Crippen molar-refractivity contribution >= 4 is 23.2 Å². The van der Waals surface area contributed by atoms with E-state index in [1.165, 1.54) is 6.33 Å². The van der Waals surface area contributed by atoms with Gasteiger partial charge in [-0.2, -0.15) is 13.2 Å². The van der Waals surface area contributed by atoms with Crippen molar-refractivity contribution < 1.29 is 27.4 Å². The maximum atomic E-state index is 13.0. The number of alkyl halides is 3. The molecule has 4 aromatic rings. The highest BCUT2D eigenvalue weighted by Crippen LogP contribution is 2.37. The molecule has 240 valence electrons. The smallest absolute Gasteiger partial charge is 0.422 e. The highest BCUT2D eigenvalue weighted by atomic mass is 35.5. The number of ether oxygens (including phenoxy) is 3. The number of anilines is 2. The minimum Gasteiger partial charge on any atom is -0.487 e. The van der Waals surface area contributed by atoms with Crippen LogP contribution >= 0.6 is 11.6 Å². The summed E-state index contributed by atoms with van der Waals surface area (Å²) in [4.78, 5) is 8.74. The third-order valence-electron chi connectivity index (χ3n) is 7.58. The second-order valence-electron chi connectivity index (χ2n) is 11.1. The van der Waals surface area contributed by atoms with Crippen LogP contribution < -0.4 is 20.1 Å². The summed E-state index contributed by atoms with van der Waals surface area (Å²) in [5.41, 5.74) is 1.68. The Morgan fingerprint density at radius 1 is 1.11 bits per heavy atom. The molecule has 1 saturated carbocycles. The summed E-state index contributed by atoms with van der Waals surface area (Å²) in [6.07, 6.45) is 5.10. The lowest BCUT2D eigenvalue weighted by atomic mass is 9.86. The van der Waals surface area contributed by atoms with Gasteiger partial charge in [0.1, 0.15) is 23.9 Å². The average Bonchev–Trinajstić information content (AvgIpc) is 3.65. The second kappa shape index (κ2) is 13.5. The van der Waals surface area contributed by atoms with E-state index in [1.54, 1.807) is 40.1 Å². The molecule has 1 aliphatic heterocycles. The molecular weight excluding hydrogens is 617 g/mol. The second-order valence-corrected chi connectivity index (χ2v) is 11.5. The Hall–Kier alpha value is -4.02. The minimum atomic E-state index is -4.51. The molecule has 6 rings (SSSR count). The SMILES string of the molecule is C[C@@H](Cn1cnnn1)Oc1cc(-c2cnc(Nc3cn([C@H]4C[C@H](NC5CCOCC5)C4)nc3OCC(F)(F)F)nc2)ccc1Cl. The van der Waals surface area contributed by atoms with Crippen molar-refractivity contribution in [2.24, 2.45) is 0 Å². The molecule has 2 fully saturated rings. The van der Waals surface area contributed by atoms with Gasteiger partial charge in [0.2, 0.25) is 5.95 Å². The maximum Gasteiger partial charge on any atom is 0.422 e. The van der Waals surface area contributed by atoms with E-state index in [0.29, 0.717) is 35.0 Å². The lowest BCUT2D eigenvalue weighted by molar-refractivity contribution is -0.154. The van der Waals surface area contributed by atoms with Gasteiger partial charge in [-0.25, -0.2) is 14.6 Å². The van der Waals surface area contributed by atoms with Crippen LogP contribution in [0, 0.1) is 0 Å². The number of hydrogen-bond acceptors (Lipinski definition) is 11. The number of aromatic nitrogens is 8. The molecule has 45 heavy (non-hydrogen) atoms. The number of hydrogen-bond donors (Lipinski definition) is 2. The van der Waals surface area contributed by atoms with Crippen LogP contribution in [0.3, 0.4) is 0 Å². The predicted molar refractivity (Wildman–Crippen MR) is 156 cm³/mol. The topological polar surface area (TPSA) is 139 Å². The van der Waals surface area contributed by atoms with Crippen molar-refractivity contribution in [2.45, 2.75) is 69.6 Å². The summed E-state index contributed by atoms with van der Waals surface area (Å²) in [6.45, 7) is 2.34. The van der Waals surface area contributed by atoms with Crippen LogP contribution in [0.25, 0.3) is 11.1 Å². The number of benzene rings is 1. The Bertz CT molecular complexity index is 1540. The Morgan fingerprint density at radius 3 is 2.60 bits per heavy atom. The van der Waals surface area contributed by atoms with E-state index >= 15 is 0 Å². The van der Waals surface area contributed by atoms with E-state index in [2.05, 4.69) is 41.2 Å². The summed E-state index contributed by atoms with van der Waals surface area (Å²) in [6, 6.07) is 6.08. The van der Waals surface area contributed by atoms with Gasteiger partial charge in [-0.3, -0.25) is 4.68 Å². The Balaban J connectivity index is 1.11. The predicted octanol–water partition coefficient (Wildman–Crippen LogP) is 4.60. The number of halogens is 4. The first-order valence-electron chi connectivity index (χ1n) is 14.6. The molecular formula is C28H32ClF3N10O3. The van der Waals surface area contributed by atoms with Crippen LogP contribution in [0.15, 0.2) is 43.1 Å². The molecule has 13 nitrogen and oxygen atoms in total. The largest absolute Gasteiger partial charge is 0.487 e. The molecule has 1 aromatic carbocycles. The highest BCUT2D eigenvalue weighted by molar-refractivity contribution is 6.32. The minimum absolute atomic E-state index is 0.0336. The average molecular weight is 649 g/mol. The van der Waals surface area contributed by atoms with E-state index < -0.39 is 12.8 Å². The normalized spacial score (nSPS) is 19.6. The van der Waals surface area contributed by atoms with Crippen molar-refractivity contribution in [3.63, 3.8) is 0 Å².